The zero-order valence-corrected chi connectivity index (χ0v) is 10.3. The Morgan fingerprint density at radius 2 is 2.31 bits per heavy atom. The van der Waals surface area contributed by atoms with E-state index in [2.05, 4.69) is 24.5 Å². The third kappa shape index (κ3) is 4.10. The van der Waals surface area contributed by atoms with Gasteiger partial charge in [-0.3, -0.25) is 4.79 Å². The zero-order valence-electron chi connectivity index (χ0n) is 10.3. The highest BCUT2D eigenvalue weighted by Gasteiger charge is 2.24. The van der Waals surface area contributed by atoms with E-state index in [0.717, 1.165) is 25.9 Å². The molecule has 3 N–H and O–H groups in total. The first-order valence-electron chi connectivity index (χ1n) is 6.27. The largest absolute Gasteiger partial charge is 0.396 e. The van der Waals surface area contributed by atoms with Crippen molar-refractivity contribution in [3.05, 3.63) is 0 Å². The molecule has 0 radical (unpaired) electrons. The van der Waals surface area contributed by atoms with Crippen LogP contribution in [0.2, 0.25) is 0 Å². The van der Waals surface area contributed by atoms with E-state index in [1.165, 1.54) is 0 Å². The minimum absolute atomic E-state index is 0.0967. The molecule has 1 rings (SSSR count). The van der Waals surface area contributed by atoms with Crippen LogP contribution in [0.3, 0.4) is 0 Å². The van der Waals surface area contributed by atoms with Crippen LogP contribution in [0.1, 0.15) is 33.1 Å². The fraction of sp³-hybridized carbons (Fsp3) is 0.917. The number of nitrogens with one attached hydrogen (secondary N) is 2. The van der Waals surface area contributed by atoms with E-state index in [-0.39, 0.29) is 24.5 Å². The van der Waals surface area contributed by atoms with E-state index < -0.39 is 0 Å². The van der Waals surface area contributed by atoms with E-state index in [4.69, 9.17) is 5.11 Å². The fourth-order valence-corrected chi connectivity index (χ4v) is 2.09. The van der Waals surface area contributed by atoms with Crippen LogP contribution in [0.15, 0.2) is 0 Å². The quantitative estimate of drug-likeness (QED) is 0.642. The van der Waals surface area contributed by atoms with Gasteiger partial charge >= 0.3 is 0 Å². The molecule has 4 heteroatoms. The van der Waals surface area contributed by atoms with Crippen LogP contribution < -0.4 is 10.6 Å². The second kappa shape index (κ2) is 6.86. The molecule has 1 aliphatic rings. The minimum atomic E-state index is 0.0967. The number of rotatable bonds is 5. The summed E-state index contributed by atoms with van der Waals surface area (Å²) in [6.07, 6.45) is 2.69. The molecule has 1 aliphatic heterocycles. The molecule has 2 atom stereocenters. The molecule has 0 aromatic carbocycles. The maximum absolute atomic E-state index is 12.0. The van der Waals surface area contributed by atoms with E-state index >= 15 is 0 Å². The highest BCUT2D eigenvalue weighted by atomic mass is 16.3. The number of hydrogen-bond acceptors (Lipinski definition) is 3. The van der Waals surface area contributed by atoms with Crippen molar-refractivity contribution in [1.82, 2.24) is 10.6 Å². The van der Waals surface area contributed by atoms with Gasteiger partial charge in [-0.05, 0) is 31.7 Å². The van der Waals surface area contributed by atoms with Gasteiger partial charge in [0.05, 0.1) is 5.92 Å². The Labute approximate surface area is 97.8 Å². The van der Waals surface area contributed by atoms with Gasteiger partial charge in [-0.1, -0.05) is 13.8 Å². The van der Waals surface area contributed by atoms with Gasteiger partial charge in [0, 0.05) is 19.2 Å². The van der Waals surface area contributed by atoms with Gasteiger partial charge in [-0.15, -0.1) is 0 Å². The molecule has 1 saturated heterocycles. The summed E-state index contributed by atoms with van der Waals surface area (Å²) in [6.45, 7) is 6.08. The molecule has 0 aromatic heterocycles. The lowest BCUT2D eigenvalue weighted by atomic mass is 9.96. The molecule has 16 heavy (non-hydrogen) atoms. The molecule has 94 valence electrons. The SMILES string of the molecule is CC(C)C(CCO)NC(=O)[C@H]1CCCNC1. The Morgan fingerprint density at radius 1 is 1.56 bits per heavy atom. The van der Waals surface area contributed by atoms with Crippen LogP contribution in [-0.4, -0.2) is 36.8 Å². The van der Waals surface area contributed by atoms with Crippen molar-refractivity contribution in [2.45, 2.75) is 39.2 Å². The van der Waals surface area contributed by atoms with Crippen molar-refractivity contribution in [3.63, 3.8) is 0 Å². The minimum Gasteiger partial charge on any atom is -0.396 e. The molecule has 1 amide bonds. The van der Waals surface area contributed by atoms with Crippen LogP contribution in [0, 0.1) is 11.8 Å². The number of hydrogen-bond donors (Lipinski definition) is 3. The summed E-state index contributed by atoms with van der Waals surface area (Å²) in [5.41, 5.74) is 0. The molecule has 1 fully saturated rings. The summed E-state index contributed by atoms with van der Waals surface area (Å²) < 4.78 is 0. The van der Waals surface area contributed by atoms with E-state index in [1.54, 1.807) is 0 Å². The van der Waals surface area contributed by atoms with Crippen LogP contribution >= 0.6 is 0 Å². The molecule has 0 saturated carbocycles. The number of piperidine rings is 1. The predicted octanol–water partition coefficient (Wildman–Crippen LogP) is 0.509. The maximum Gasteiger partial charge on any atom is 0.224 e. The third-order valence-corrected chi connectivity index (χ3v) is 3.24. The van der Waals surface area contributed by atoms with E-state index in [9.17, 15) is 4.79 Å². The third-order valence-electron chi connectivity index (χ3n) is 3.24. The summed E-state index contributed by atoms with van der Waals surface area (Å²) in [6, 6.07) is 0.0967. The average molecular weight is 228 g/mol. The Kier molecular flexibility index (Phi) is 5.77. The van der Waals surface area contributed by atoms with Crippen molar-refractivity contribution >= 4 is 5.91 Å². The highest BCUT2D eigenvalue weighted by Crippen LogP contribution is 2.12. The Bertz CT molecular complexity index is 213. The monoisotopic (exact) mass is 228 g/mol. The van der Waals surface area contributed by atoms with Gasteiger partial charge < -0.3 is 15.7 Å². The molecule has 4 nitrogen and oxygen atoms in total. The number of carbonyl (C=O) groups is 1. The summed E-state index contributed by atoms with van der Waals surface area (Å²) in [4.78, 5) is 12.0. The van der Waals surface area contributed by atoms with Crippen LogP contribution in [-0.2, 0) is 4.79 Å². The molecular formula is C12H24N2O2. The second-order valence-corrected chi connectivity index (χ2v) is 4.91. The normalized spacial score (nSPS) is 23.1. The van der Waals surface area contributed by atoms with Crippen molar-refractivity contribution < 1.29 is 9.90 Å². The van der Waals surface area contributed by atoms with Crippen molar-refractivity contribution in [1.29, 1.82) is 0 Å². The van der Waals surface area contributed by atoms with E-state index in [1.807, 2.05) is 0 Å². The predicted molar refractivity (Wildman–Crippen MR) is 64.1 cm³/mol. The number of amides is 1. The summed E-state index contributed by atoms with van der Waals surface area (Å²) >= 11 is 0. The summed E-state index contributed by atoms with van der Waals surface area (Å²) in [5, 5.41) is 15.2. The van der Waals surface area contributed by atoms with Crippen LogP contribution in [0.5, 0.6) is 0 Å². The van der Waals surface area contributed by atoms with Crippen LogP contribution in [0.4, 0.5) is 0 Å². The van der Waals surface area contributed by atoms with Crippen molar-refractivity contribution in [3.8, 4) is 0 Å². The van der Waals surface area contributed by atoms with Gasteiger partial charge in [0.2, 0.25) is 5.91 Å². The Balaban J connectivity index is 2.40. The lowest BCUT2D eigenvalue weighted by molar-refractivity contribution is -0.126. The molecular weight excluding hydrogens is 204 g/mol. The lowest BCUT2D eigenvalue weighted by Crippen LogP contribution is -2.46. The smallest absolute Gasteiger partial charge is 0.224 e. The zero-order chi connectivity index (χ0) is 12.0. The first-order chi connectivity index (χ1) is 7.65. The summed E-state index contributed by atoms with van der Waals surface area (Å²) in [5.74, 6) is 0.612. The van der Waals surface area contributed by atoms with Crippen molar-refractivity contribution in [2.24, 2.45) is 11.8 Å². The Morgan fingerprint density at radius 3 is 2.81 bits per heavy atom. The molecule has 0 aromatic rings. The summed E-state index contributed by atoms with van der Waals surface area (Å²) in [7, 11) is 0. The first kappa shape index (κ1) is 13.5. The molecule has 1 heterocycles. The van der Waals surface area contributed by atoms with Crippen LogP contribution in [0.25, 0.3) is 0 Å². The van der Waals surface area contributed by atoms with Gasteiger partial charge in [0.15, 0.2) is 0 Å². The second-order valence-electron chi connectivity index (χ2n) is 4.91. The molecule has 1 unspecified atom stereocenters. The number of carbonyl (C=O) groups excluding carboxylic acids is 1. The molecule has 0 bridgehead atoms. The topological polar surface area (TPSA) is 61.4 Å². The molecule has 0 aliphatic carbocycles. The maximum atomic E-state index is 12.0. The number of aliphatic hydroxyl groups is 1. The average Bonchev–Trinajstić information content (AvgIpc) is 2.29. The lowest BCUT2D eigenvalue weighted by Gasteiger charge is -2.27. The fourth-order valence-electron chi connectivity index (χ4n) is 2.09. The van der Waals surface area contributed by atoms with Gasteiger partial charge in [0.1, 0.15) is 0 Å². The van der Waals surface area contributed by atoms with Gasteiger partial charge in [-0.2, -0.15) is 0 Å². The molecule has 0 spiro atoms. The van der Waals surface area contributed by atoms with E-state index in [0.29, 0.717) is 12.3 Å². The first-order valence-corrected chi connectivity index (χ1v) is 6.27. The van der Waals surface area contributed by atoms with Gasteiger partial charge in [-0.25, -0.2) is 0 Å². The Hall–Kier alpha value is -0.610. The highest BCUT2D eigenvalue weighted by molar-refractivity contribution is 5.79. The van der Waals surface area contributed by atoms with Gasteiger partial charge in [0.25, 0.3) is 0 Å². The standard InChI is InChI=1S/C12H24N2O2/c1-9(2)11(5-7-15)14-12(16)10-4-3-6-13-8-10/h9-11,13,15H,3-8H2,1-2H3,(H,14,16)/t10-,11?/m0/s1. The van der Waals surface area contributed by atoms with Crippen molar-refractivity contribution in [2.75, 3.05) is 19.7 Å². The number of aliphatic hydroxyl groups excluding tert-OH is 1.